The first-order valence-electron chi connectivity index (χ1n) is 10.6. The Hall–Kier alpha value is -0.870. The molecule has 1 aromatic rings. The van der Waals surface area contributed by atoms with E-state index in [4.69, 9.17) is 4.99 Å². The lowest BCUT2D eigenvalue weighted by Crippen LogP contribution is -2.50. The van der Waals surface area contributed by atoms with Gasteiger partial charge < -0.3 is 15.1 Å². The summed E-state index contributed by atoms with van der Waals surface area (Å²) in [5.41, 5.74) is 1.35. The standard InChI is InChI=1S/C20H37N7.HI/c1-5-21-20(22-13-17(3)26-11-9-25(6-2)10-12-26)27-8-7-18(16-27)19-14-23-24(4)15-19;/h14-15,17-18H,5-13,16H2,1-4H3,(H,21,22);1H. The molecule has 3 heterocycles. The van der Waals surface area contributed by atoms with Crippen molar-refractivity contribution in [1.29, 1.82) is 0 Å². The molecule has 7 nitrogen and oxygen atoms in total. The lowest BCUT2D eigenvalue weighted by Gasteiger charge is -2.37. The van der Waals surface area contributed by atoms with Crippen LogP contribution in [0.25, 0.3) is 0 Å². The Morgan fingerprint density at radius 1 is 1.25 bits per heavy atom. The summed E-state index contributed by atoms with van der Waals surface area (Å²) in [4.78, 5) is 12.5. The zero-order chi connectivity index (χ0) is 19.2. The maximum Gasteiger partial charge on any atom is 0.193 e. The van der Waals surface area contributed by atoms with Gasteiger partial charge >= 0.3 is 0 Å². The van der Waals surface area contributed by atoms with Gasteiger partial charge in [-0.1, -0.05) is 6.92 Å². The molecule has 2 atom stereocenters. The van der Waals surface area contributed by atoms with Crippen LogP contribution < -0.4 is 5.32 Å². The Kier molecular flexibility index (Phi) is 9.49. The fourth-order valence-electron chi connectivity index (χ4n) is 4.16. The Labute approximate surface area is 187 Å². The molecule has 0 bridgehead atoms. The van der Waals surface area contributed by atoms with Crippen molar-refractivity contribution in [3.05, 3.63) is 18.0 Å². The fourth-order valence-corrected chi connectivity index (χ4v) is 4.16. The van der Waals surface area contributed by atoms with Crippen molar-refractivity contribution in [2.75, 3.05) is 58.9 Å². The zero-order valence-corrected chi connectivity index (χ0v) is 20.3. The Morgan fingerprint density at radius 2 is 2.00 bits per heavy atom. The van der Waals surface area contributed by atoms with E-state index in [1.165, 1.54) is 25.1 Å². The van der Waals surface area contributed by atoms with Crippen molar-refractivity contribution in [2.24, 2.45) is 12.0 Å². The SMILES string of the molecule is CCNC(=NCC(C)N1CCN(CC)CC1)N1CCC(c2cnn(C)c2)C1.I. The number of likely N-dealkylation sites (tertiary alicyclic amines) is 1. The van der Waals surface area contributed by atoms with Crippen LogP contribution in [-0.2, 0) is 7.05 Å². The molecule has 3 rings (SSSR count). The number of aryl methyl sites for hydroxylation is 1. The average molecular weight is 503 g/mol. The number of hydrogen-bond donors (Lipinski definition) is 1. The summed E-state index contributed by atoms with van der Waals surface area (Å²) < 4.78 is 1.90. The third kappa shape index (κ3) is 6.06. The fraction of sp³-hybridized carbons (Fsp3) is 0.800. The van der Waals surface area contributed by atoms with E-state index in [0.717, 1.165) is 51.8 Å². The lowest BCUT2D eigenvalue weighted by atomic mass is 10.0. The van der Waals surface area contributed by atoms with Crippen LogP contribution in [0.3, 0.4) is 0 Å². The number of piperazine rings is 1. The molecule has 2 fully saturated rings. The Balaban J connectivity index is 0.00000280. The number of rotatable bonds is 6. The monoisotopic (exact) mass is 503 g/mol. The third-order valence-electron chi connectivity index (χ3n) is 6.00. The molecule has 0 spiro atoms. The molecular formula is C20H38IN7. The highest BCUT2D eigenvalue weighted by Gasteiger charge is 2.27. The minimum absolute atomic E-state index is 0. The number of halogens is 1. The number of aromatic nitrogens is 2. The topological polar surface area (TPSA) is 51.9 Å². The summed E-state index contributed by atoms with van der Waals surface area (Å²) in [6.07, 6.45) is 5.33. The average Bonchev–Trinajstić information content (AvgIpc) is 3.34. The first-order valence-corrected chi connectivity index (χ1v) is 10.6. The summed E-state index contributed by atoms with van der Waals surface area (Å²) in [6, 6.07) is 0.495. The maximum absolute atomic E-state index is 5.00. The summed E-state index contributed by atoms with van der Waals surface area (Å²) in [5.74, 6) is 1.63. The van der Waals surface area contributed by atoms with Gasteiger partial charge in [-0.15, -0.1) is 24.0 Å². The van der Waals surface area contributed by atoms with Crippen LogP contribution >= 0.6 is 24.0 Å². The molecule has 2 unspecified atom stereocenters. The maximum atomic E-state index is 5.00. The van der Waals surface area contributed by atoms with E-state index in [9.17, 15) is 0 Å². The van der Waals surface area contributed by atoms with Gasteiger partial charge in [-0.05, 0) is 32.4 Å². The van der Waals surface area contributed by atoms with Gasteiger partial charge in [0.05, 0.1) is 12.7 Å². The van der Waals surface area contributed by atoms with Gasteiger partial charge in [-0.3, -0.25) is 14.6 Å². The van der Waals surface area contributed by atoms with Crippen LogP contribution in [0.1, 0.15) is 38.7 Å². The van der Waals surface area contributed by atoms with Gasteiger partial charge in [0.15, 0.2) is 5.96 Å². The summed E-state index contributed by atoms with van der Waals surface area (Å²) in [7, 11) is 1.99. The molecule has 0 saturated carbocycles. The van der Waals surface area contributed by atoms with E-state index in [-0.39, 0.29) is 24.0 Å². The first-order chi connectivity index (χ1) is 13.1. The van der Waals surface area contributed by atoms with Gasteiger partial charge in [0.2, 0.25) is 0 Å². The van der Waals surface area contributed by atoms with Crippen LogP contribution in [0.2, 0.25) is 0 Å². The number of guanidine groups is 1. The molecule has 0 aromatic carbocycles. The van der Waals surface area contributed by atoms with Crippen LogP contribution in [0.4, 0.5) is 0 Å². The number of hydrogen-bond acceptors (Lipinski definition) is 4. The van der Waals surface area contributed by atoms with Crippen molar-refractivity contribution in [1.82, 2.24) is 29.8 Å². The number of aliphatic imine (C=N–C) groups is 1. The molecular weight excluding hydrogens is 465 g/mol. The normalized spacial score (nSPS) is 22.9. The van der Waals surface area contributed by atoms with E-state index >= 15 is 0 Å². The van der Waals surface area contributed by atoms with Crippen molar-refractivity contribution in [2.45, 2.75) is 39.2 Å². The number of nitrogens with zero attached hydrogens (tertiary/aromatic N) is 6. The highest BCUT2D eigenvalue weighted by Crippen LogP contribution is 2.26. The molecule has 0 amide bonds. The summed E-state index contributed by atoms with van der Waals surface area (Å²) >= 11 is 0. The van der Waals surface area contributed by atoms with E-state index in [0.29, 0.717) is 12.0 Å². The molecule has 2 saturated heterocycles. The smallest absolute Gasteiger partial charge is 0.193 e. The Morgan fingerprint density at radius 3 is 2.61 bits per heavy atom. The van der Waals surface area contributed by atoms with Crippen LogP contribution in [0, 0.1) is 0 Å². The number of nitrogens with one attached hydrogen (secondary N) is 1. The molecule has 0 radical (unpaired) electrons. The van der Waals surface area contributed by atoms with E-state index in [1.54, 1.807) is 0 Å². The Bertz CT molecular complexity index is 609. The van der Waals surface area contributed by atoms with E-state index in [2.05, 4.69) is 52.1 Å². The highest BCUT2D eigenvalue weighted by atomic mass is 127. The van der Waals surface area contributed by atoms with Crippen LogP contribution in [0.5, 0.6) is 0 Å². The van der Waals surface area contributed by atoms with Crippen LogP contribution in [-0.4, -0.2) is 95.4 Å². The minimum Gasteiger partial charge on any atom is -0.357 e. The predicted octanol–water partition coefficient (Wildman–Crippen LogP) is 1.82. The summed E-state index contributed by atoms with van der Waals surface area (Å²) in [6.45, 7) is 16.4. The predicted molar refractivity (Wildman–Crippen MR) is 127 cm³/mol. The van der Waals surface area contributed by atoms with Gasteiger partial charge in [-0.25, -0.2) is 0 Å². The van der Waals surface area contributed by atoms with Gasteiger partial charge in [0, 0.05) is 71.0 Å². The largest absolute Gasteiger partial charge is 0.357 e. The highest BCUT2D eigenvalue weighted by molar-refractivity contribution is 14.0. The van der Waals surface area contributed by atoms with Gasteiger partial charge in [0.25, 0.3) is 0 Å². The van der Waals surface area contributed by atoms with Gasteiger partial charge in [0.1, 0.15) is 0 Å². The summed E-state index contributed by atoms with van der Waals surface area (Å²) in [5, 5.41) is 7.84. The van der Waals surface area contributed by atoms with Crippen molar-refractivity contribution < 1.29 is 0 Å². The first kappa shape index (κ1) is 23.4. The second-order valence-electron chi connectivity index (χ2n) is 7.89. The lowest BCUT2D eigenvalue weighted by molar-refractivity contribution is 0.109. The minimum atomic E-state index is 0. The molecule has 2 aliphatic heterocycles. The van der Waals surface area contributed by atoms with Gasteiger partial charge in [-0.2, -0.15) is 5.10 Å². The van der Waals surface area contributed by atoms with Crippen molar-refractivity contribution >= 4 is 29.9 Å². The number of likely N-dealkylation sites (N-methyl/N-ethyl adjacent to an activating group) is 1. The second-order valence-corrected chi connectivity index (χ2v) is 7.89. The van der Waals surface area contributed by atoms with E-state index < -0.39 is 0 Å². The van der Waals surface area contributed by atoms with Crippen molar-refractivity contribution in [3.8, 4) is 0 Å². The molecule has 1 aromatic heterocycles. The third-order valence-corrected chi connectivity index (χ3v) is 6.00. The second kappa shape index (κ2) is 11.3. The molecule has 0 aliphatic carbocycles. The van der Waals surface area contributed by atoms with Crippen molar-refractivity contribution in [3.63, 3.8) is 0 Å². The van der Waals surface area contributed by atoms with Crippen LogP contribution in [0.15, 0.2) is 17.4 Å². The quantitative estimate of drug-likeness (QED) is 0.365. The molecule has 28 heavy (non-hydrogen) atoms. The molecule has 160 valence electrons. The van der Waals surface area contributed by atoms with E-state index in [1.807, 2.05) is 17.9 Å². The molecule has 2 aliphatic rings. The molecule has 1 N–H and O–H groups in total. The zero-order valence-electron chi connectivity index (χ0n) is 18.0. The molecule has 8 heteroatoms.